The molecule has 4 nitrogen and oxygen atoms in total. The van der Waals surface area contributed by atoms with Crippen LogP contribution < -0.4 is 10.8 Å². The third kappa shape index (κ3) is 1.85. The summed E-state index contributed by atoms with van der Waals surface area (Å²) in [6, 6.07) is 1.74. The van der Waals surface area contributed by atoms with Gasteiger partial charge in [-0.2, -0.15) is 0 Å². The summed E-state index contributed by atoms with van der Waals surface area (Å²) in [7, 11) is 1.80. The molecule has 0 bridgehead atoms. The van der Waals surface area contributed by atoms with Crippen LogP contribution in [0.15, 0.2) is 18.5 Å². The molecule has 0 spiro atoms. The minimum absolute atomic E-state index is 0.616. The average Bonchev–Trinajstić information content (AvgIpc) is 2.05. The lowest BCUT2D eigenvalue weighted by Crippen LogP contribution is -2.18. The number of hydroxylamine groups is 1. The Balaban J connectivity index is 2.79. The highest BCUT2D eigenvalue weighted by Crippen LogP contribution is 2.19. The number of aromatic nitrogens is 1. The molecule has 4 heteroatoms. The molecule has 1 aromatic heterocycles. The number of hydrogen-bond acceptors (Lipinski definition) is 4. The van der Waals surface area contributed by atoms with Gasteiger partial charge in [0.2, 0.25) is 0 Å². The molecule has 0 saturated heterocycles. The molecule has 0 atom stereocenters. The van der Waals surface area contributed by atoms with Crippen LogP contribution in [0.1, 0.15) is 6.92 Å². The Morgan fingerprint density at radius 1 is 1.67 bits per heavy atom. The minimum atomic E-state index is 0.616. The van der Waals surface area contributed by atoms with E-state index in [1.165, 1.54) is 0 Å². The highest BCUT2D eigenvalue weighted by Gasteiger charge is 2.03. The Hall–Kier alpha value is -1.29. The SMILES string of the molecule is CCON(C)c1cnccc1N. The van der Waals surface area contributed by atoms with E-state index in [-0.39, 0.29) is 0 Å². The molecule has 0 unspecified atom stereocenters. The van der Waals surface area contributed by atoms with Gasteiger partial charge < -0.3 is 5.73 Å². The second-order valence-electron chi connectivity index (χ2n) is 2.35. The summed E-state index contributed by atoms with van der Waals surface area (Å²) in [5, 5.41) is 1.61. The molecule has 0 aromatic carbocycles. The number of pyridine rings is 1. The van der Waals surface area contributed by atoms with Gasteiger partial charge in [0.15, 0.2) is 0 Å². The van der Waals surface area contributed by atoms with Gasteiger partial charge in [0.1, 0.15) is 5.69 Å². The number of nitrogens with two attached hydrogens (primary N) is 1. The summed E-state index contributed by atoms with van der Waals surface area (Å²) in [4.78, 5) is 9.17. The second-order valence-corrected chi connectivity index (χ2v) is 2.35. The van der Waals surface area contributed by atoms with Crippen molar-refractivity contribution in [2.24, 2.45) is 0 Å². The van der Waals surface area contributed by atoms with E-state index in [4.69, 9.17) is 10.6 Å². The van der Waals surface area contributed by atoms with Crippen molar-refractivity contribution in [1.82, 2.24) is 4.98 Å². The fraction of sp³-hybridized carbons (Fsp3) is 0.375. The molecule has 0 saturated carbocycles. The van der Waals surface area contributed by atoms with Crippen LogP contribution in [0.2, 0.25) is 0 Å². The number of hydrogen-bond donors (Lipinski definition) is 1. The van der Waals surface area contributed by atoms with Gasteiger partial charge in [0.25, 0.3) is 0 Å². The zero-order valence-corrected chi connectivity index (χ0v) is 7.32. The Bertz CT molecular complexity index is 252. The zero-order chi connectivity index (χ0) is 8.97. The second kappa shape index (κ2) is 3.92. The Kier molecular flexibility index (Phi) is 2.88. The first-order valence-corrected chi connectivity index (χ1v) is 3.81. The molecule has 1 rings (SSSR count). The van der Waals surface area contributed by atoms with E-state index in [0.717, 1.165) is 5.69 Å². The first-order valence-electron chi connectivity index (χ1n) is 3.81. The summed E-state index contributed by atoms with van der Waals surface area (Å²) in [6.07, 6.45) is 3.32. The summed E-state index contributed by atoms with van der Waals surface area (Å²) >= 11 is 0. The predicted octanol–water partition coefficient (Wildman–Crippen LogP) is 1.05. The maximum atomic E-state index is 5.69. The largest absolute Gasteiger partial charge is 0.397 e. The Morgan fingerprint density at radius 3 is 3.00 bits per heavy atom. The zero-order valence-electron chi connectivity index (χ0n) is 7.32. The number of rotatable bonds is 3. The van der Waals surface area contributed by atoms with E-state index >= 15 is 0 Å². The van der Waals surface area contributed by atoms with Crippen LogP contribution in [0.3, 0.4) is 0 Å². The van der Waals surface area contributed by atoms with E-state index in [2.05, 4.69) is 4.98 Å². The van der Waals surface area contributed by atoms with E-state index < -0.39 is 0 Å². The van der Waals surface area contributed by atoms with E-state index in [0.29, 0.717) is 12.3 Å². The molecule has 0 amide bonds. The summed E-state index contributed by atoms with van der Waals surface area (Å²) < 4.78 is 0. The summed E-state index contributed by atoms with van der Waals surface area (Å²) in [6.45, 7) is 2.54. The van der Waals surface area contributed by atoms with Crippen LogP contribution in [0.5, 0.6) is 0 Å². The third-order valence-corrected chi connectivity index (χ3v) is 1.49. The van der Waals surface area contributed by atoms with Crippen molar-refractivity contribution in [3.05, 3.63) is 18.5 Å². The number of nitrogens with zero attached hydrogens (tertiary/aromatic N) is 2. The predicted molar refractivity (Wildman–Crippen MR) is 48.7 cm³/mol. The smallest absolute Gasteiger partial charge is 0.104 e. The first kappa shape index (κ1) is 8.80. The van der Waals surface area contributed by atoms with Crippen molar-refractivity contribution in [3.63, 3.8) is 0 Å². The van der Waals surface area contributed by atoms with E-state index in [9.17, 15) is 0 Å². The Morgan fingerprint density at radius 2 is 2.42 bits per heavy atom. The van der Waals surface area contributed by atoms with Crippen molar-refractivity contribution >= 4 is 11.4 Å². The van der Waals surface area contributed by atoms with Crippen molar-refractivity contribution in [2.75, 3.05) is 24.5 Å². The van der Waals surface area contributed by atoms with Crippen molar-refractivity contribution < 1.29 is 4.84 Å². The van der Waals surface area contributed by atoms with Gasteiger partial charge in [-0.05, 0) is 13.0 Å². The van der Waals surface area contributed by atoms with Crippen LogP contribution in [-0.2, 0) is 4.84 Å². The van der Waals surface area contributed by atoms with Crippen molar-refractivity contribution in [1.29, 1.82) is 0 Å². The van der Waals surface area contributed by atoms with Gasteiger partial charge in [0.05, 0.1) is 18.5 Å². The van der Waals surface area contributed by atoms with Gasteiger partial charge in [-0.3, -0.25) is 14.9 Å². The lowest BCUT2D eigenvalue weighted by molar-refractivity contribution is 0.135. The molecule has 1 aromatic rings. The van der Waals surface area contributed by atoms with Crippen LogP contribution in [0, 0.1) is 0 Å². The molecule has 2 N–H and O–H groups in total. The van der Waals surface area contributed by atoms with E-state index in [1.807, 2.05) is 6.92 Å². The lowest BCUT2D eigenvalue weighted by Gasteiger charge is -2.18. The van der Waals surface area contributed by atoms with Gasteiger partial charge >= 0.3 is 0 Å². The number of anilines is 2. The molecule has 0 aliphatic carbocycles. The highest BCUT2D eigenvalue weighted by molar-refractivity contribution is 5.64. The number of nitrogen functional groups attached to an aromatic ring is 1. The normalized spacial score (nSPS) is 9.83. The fourth-order valence-electron chi connectivity index (χ4n) is 0.923. The summed E-state index contributed by atoms with van der Waals surface area (Å²) in [5.41, 5.74) is 7.15. The standard InChI is InChI=1S/C8H13N3O/c1-3-12-11(2)8-6-10-5-4-7(8)9/h4-6H,3H2,1-2H3,(H2,9,10). The van der Waals surface area contributed by atoms with Gasteiger partial charge in [-0.15, -0.1) is 0 Å². The molecule has 66 valence electrons. The van der Waals surface area contributed by atoms with Crippen LogP contribution in [-0.4, -0.2) is 18.6 Å². The van der Waals surface area contributed by atoms with Gasteiger partial charge in [-0.1, -0.05) is 0 Å². The molecule has 12 heavy (non-hydrogen) atoms. The molecule has 0 radical (unpaired) electrons. The molecule has 0 aliphatic rings. The van der Waals surface area contributed by atoms with Gasteiger partial charge in [-0.25, -0.2) is 0 Å². The lowest BCUT2D eigenvalue weighted by atomic mass is 10.3. The first-order chi connectivity index (χ1) is 5.75. The molecular weight excluding hydrogens is 154 g/mol. The minimum Gasteiger partial charge on any atom is -0.397 e. The van der Waals surface area contributed by atoms with Crippen LogP contribution >= 0.6 is 0 Å². The quantitative estimate of drug-likeness (QED) is 0.684. The van der Waals surface area contributed by atoms with Crippen LogP contribution in [0.4, 0.5) is 11.4 Å². The maximum Gasteiger partial charge on any atom is 0.104 e. The monoisotopic (exact) mass is 167 g/mol. The fourth-order valence-corrected chi connectivity index (χ4v) is 0.923. The van der Waals surface area contributed by atoms with Gasteiger partial charge in [0, 0.05) is 13.2 Å². The maximum absolute atomic E-state index is 5.69. The molecular formula is C8H13N3O. The van der Waals surface area contributed by atoms with Crippen LogP contribution in [0.25, 0.3) is 0 Å². The third-order valence-electron chi connectivity index (χ3n) is 1.49. The molecule has 0 aliphatic heterocycles. The van der Waals surface area contributed by atoms with Crippen molar-refractivity contribution in [3.8, 4) is 0 Å². The molecule has 1 heterocycles. The van der Waals surface area contributed by atoms with Crippen molar-refractivity contribution in [2.45, 2.75) is 6.92 Å². The highest BCUT2D eigenvalue weighted by atomic mass is 16.7. The summed E-state index contributed by atoms with van der Waals surface area (Å²) in [5.74, 6) is 0. The Labute approximate surface area is 71.9 Å². The average molecular weight is 167 g/mol. The molecule has 0 fully saturated rings. The van der Waals surface area contributed by atoms with E-state index in [1.54, 1.807) is 30.6 Å². The topological polar surface area (TPSA) is 51.4 Å².